The molecule has 1 aliphatic rings. The normalized spacial score (nSPS) is 19.2. The maximum Gasteiger partial charge on any atom is 0.244 e. The number of amides is 1. The van der Waals surface area contributed by atoms with Gasteiger partial charge in [-0.05, 0) is 48.8 Å². The van der Waals surface area contributed by atoms with Crippen LogP contribution in [0.15, 0.2) is 17.0 Å². The lowest BCUT2D eigenvalue weighted by Gasteiger charge is -2.28. The van der Waals surface area contributed by atoms with Crippen LogP contribution in [-0.4, -0.2) is 50.2 Å². The summed E-state index contributed by atoms with van der Waals surface area (Å²) in [6, 6.07) is 3.32. The minimum Gasteiger partial charge on any atom is -0.347 e. The fraction of sp³-hybridized carbons (Fsp3) is 0.632. The molecule has 140 valence electrons. The fourth-order valence-corrected chi connectivity index (χ4v) is 5.55. The van der Waals surface area contributed by atoms with Gasteiger partial charge >= 0.3 is 0 Å². The summed E-state index contributed by atoms with van der Waals surface area (Å²) in [7, 11) is -0.371. The van der Waals surface area contributed by atoms with Gasteiger partial charge in [-0.15, -0.1) is 0 Å². The molecule has 0 N–H and O–H groups in total. The molecule has 0 radical (unpaired) electrons. The molecule has 5 nitrogen and oxygen atoms in total. The predicted octanol–water partition coefficient (Wildman–Crippen LogP) is 2.84. The van der Waals surface area contributed by atoms with Crippen LogP contribution in [0.5, 0.6) is 0 Å². The zero-order chi connectivity index (χ0) is 19.2. The first-order chi connectivity index (χ1) is 11.4. The van der Waals surface area contributed by atoms with Crippen molar-refractivity contribution >= 4 is 15.9 Å². The first kappa shape index (κ1) is 19.9. The molecule has 1 saturated heterocycles. The lowest BCUT2D eigenvalue weighted by molar-refractivity contribution is -0.132. The van der Waals surface area contributed by atoms with E-state index in [2.05, 4.69) is 20.8 Å². The second-order valence-corrected chi connectivity index (χ2v) is 10.0. The average Bonchev–Trinajstić information content (AvgIpc) is 2.94. The standard InChI is InChI=1S/C19H30N2O3S/c1-13-11-15(19(3,4)5)12-14(2)17(13)25(23,24)21-10-8-9-16(21)18(22)20(6)7/h11-12,16H,8-10H2,1-7H3. The van der Waals surface area contributed by atoms with Gasteiger partial charge in [-0.1, -0.05) is 32.9 Å². The van der Waals surface area contributed by atoms with Crippen LogP contribution < -0.4 is 0 Å². The van der Waals surface area contributed by atoms with Gasteiger partial charge in [0, 0.05) is 20.6 Å². The highest BCUT2D eigenvalue weighted by Gasteiger charge is 2.41. The summed E-state index contributed by atoms with van der Waals surface area (Å²) < 4.78 is 28.0. The van der Waals surface area contributed by atoms with Crippen molar-refractivity contribution in [3.05, 3.63) is 28.8 Å². The zero-order valence-electron chi connectivity index (χ0n) is 16.4. The van der Waals surface area contributed by atoms with Crippen molar-refractivity contribution in [3.63, 3.8) is 0 Å². The number of likely N-dealkylation sites (N-methyl/N-ethyl adjacent to an activating group) is 1. The Labute approximate surface area is 152 Å². The van der Waals surface area contributed by atoms with Gasteiger partial charge in [0.15, 0.2) is 0 Å². The number of benzene rings is 1. The number of rotatable bonds is 3. The topological polar surface area (TPSA) is 57.7 Å². The Balaban J connectivity index is 2.52. The minimum absolute atomic E-state index is 0.0467. The lowest BCUT2D eigenvalue weighted by Crippen LogP contribution is -2.45. The van der Waals surface area contributed by atoms with Crippen molar-refractivity contribution in [2.24, 2.45) is 0 Å². The molecule has 1 heterocycles. The van der Waals surface area contributed by atoms with E-state index in [1.165, 1.54) is 9.21 Å². The quantitative estimate of drug-likeness (QED) is 0.826. The second kappa shape index (κ2) is 6.72. The van der Waals surface area contributed by atoms with E-state index in [4.69, 9.17) is 0 Å². The molecule has 0 bridgehead atoms. The van der Waals surface area contributed by atoms with Crippen molar-refractivity contribution < 1.29 is 13.2 Å². The van der Waals surface area contributed by atoms with Crippen LogP contribution in [0.1, 0.15) is 50.3 Å². The van der Waals surface area contributed by atoms with E-state index in [1.807, 2.05) is 26.0 Å². The van der Waals surface area contributed by atoms with Crippen molar-refractivity contribution in [1.82, 2.24) is 9.21 Å². The fourth-order valence-electron chi connectivity index (χ4n) is 3.48. The molecule has 1 atom stereocenters. The Morgan fingerprint density at radius 3 is 2.12 bits per heavy atom. The van der Waals surface area contributed by atoms with E-state index in [9.17, 15) is 13.2 Å². The predicted molar refractivity (Wildman–Crippen MR) is 100 cm³/mol. The molecule has 1 aromatic rings. The Morgan fingerprint density at radius 1 is 1.16 bits per heavy atom. The molecule has 0 saturated carbocycles. The molecular formula is C19H30N2O3S. The first-order valence-electron chi connectivity index (χ1n) is 8.72. The van der Waals surface area contributed by atoms with Crippen LogP contribution in [-0.2, 0) is 20.2 Å². The molecule has 0 aromatic heterocycles. The number of aryl methyl sites for hydroxylation is 2. The monoisotopic (exact) mass is 366 g/mol. The number of carbonyl (C=O) groups excluding carboxylic acids is 1. The van der Waals surface area contributed by atoms with Gasteiger partial charge in [0.1, 0.15) is 6.04 Å². The summed E-state index contributed by atoms with van der Waals surface area (Å²) in [6.45, 7) is 10.4. The van der Waals surface area contributed by atoms with E-state index in [-0.39, 0.29) is 11.3 Å². The van der Waals surface area contributed by atoms with Crippen molar-refractivity contribution in [3.8, 4) is 0 Å². The summed E-state index contributed by atoms with van der Waals surface area (Å²) in [5.41, 5.74) is 2.55. The van der Waals surface area contributed by atoms with Crippen LogP contribution in [0, 0.1) is 13.8 Å². The maximum absolute atomic E-state index is 13.3. The molecule has 0 spiro atoms. The van der Waals surface area contributed by atoms with Crippen molar-refractivity contribution in [1.29, 1.82) is 0 Å². The summed E-state index contributed by atoms with van der Waals surface area (Å²) >= 11 is 0. The van der Waals surface area contributed by atoms with E-state index >= 15 is 0 Å². The smallest absolute Gasteiger partial charge is 0.244 e. The molecule has 25 heavy (non-hydrogen) atoms. The van der Waals surface area contributed by atoms with Gasteiger partial charge in [-0.3, -0.25) is 4.79 Å². The summed E-state index contributed by atoms with van der Waals surface area (Å²) in [4.78, 5) is 14.2. The third-order valence-corrected chi connectivity index (χ3v) is 7.04. The van der Waals surface area contributed by atoms with Gasteiger partial charge in [0.25, 0.3) is 0 Å². The Bertz CT molecular complexity index is 753. The van der Waals surface area contributed by atoms with E-state index in [1.54, 1.807) is 14.1 Å². The van der Waals surface area contributed by atoms with Crippen LogP contribution in [0.2, 0.25) is 0 Å². The third-order valence-electron chi connectivity index (χ3n) is 4.82. The SMILES string of the molecule is Cc1cc(C(C)(C)C)cc(C)c1S(=O)(=O)N1CCCC1C(=O)N(C)C. The highest BCUT2D eigenvalue weighted by atomic mass is 32.2. The molecule has 1 aliphatic heterocycles. The molecule has 6 heteroatoms. The summed E-state index contributed by atoms with van der Waals surface area (Å²) in [5.74, 6) is -0.150. The molecule has 1 fully saturated rings. The molecule has 1 aromatic carbocycles. The number of hydrogen-bond acceptors (Lipinski definition) is 3. The van der Waals surface area contributed by atoms with Gasteiger partial charge in [-0.2, -0.15) is 4.31 Å². The van der Waals surface area contributed by atoms with Gasteiger partial charge < -0.3 is 4.90 Å². The lowest BCUT2D eigenvalue weighted by atomic mass is 9.85. The van der Waals surface area contributed by atoms with E-state index < -0.39 is 16.1 Å². The summed E-state index contributed by atoms with van der Waals surface area (Å²) in [5, 5.41) is 0. The zero-order valence-corrected chi connectivity index (χ0v) is 17.2. The maximum atomic E-state index is 13.3. The van der Waals surface area contributed by atoms with Gasteiger partial charge in [0.2, 0.25) is 15.9 Å². The first-order valence-corrected chi connectivity index (χ1v) is 10.2. The van der Waals surface area contributed by atoms with Crippen molar-refractivity contribution in [2.45, 2.75) is 63.8 Å². The molecule has 2 rings (SSSR count). The number of nitrogens with zero attached hydrogens (tertiary/aromatic N) is 2. The van der Waals surface area contributed by atoms with Crippen LogP contribution in [0.25, 0.3) is 0 Å². The largest absolute Gasteiger partial charge is 0.347 e. The summed E-state index contributed by atoms with van der Waals surface area (Å²) in [6.07, 6.45) is 1.29. The highest BCUT2D eigenvalue weighted by Crippen LogP contribution is 2.33. The number of hydrogen-bond donors (Lipinski definition) is 0. The molecular weight excluding hydrogens is 336 g/mol. The Morgan fingerprint density at radius 2 is 1.68 bits per heavy atom. The third kappa shape index (κ3) is 3.75. The average molecular weight is 367 g/mol. The Kier molecular flexibility index (Phi) is 5.36. The second-order valence-electron chi connectivity index (χ2n) is 8.20. The van der Waals surface area contributed by atoms with Crippen LogP contribution in [0.4, 0.5) is 0 Å². The molecule has 0 aliphatic carbocycles. The van der Waals surface area contributed by atoms with Crippen LogP contribution >= 0.6 is 0 Å². The molecule has 1 amide bonds. The van der Waals surface area contributed by atoms with Crippen molar-refractivity contribution in [2.75, 3.05) is 20.6 Å². The van der Waals surface area contributed by atoms with Crippen LogP contribution in [0.3, 0.4) is 0 Å². The van der Waals surface area contributed by atoms with E-state index in [0.29, 0.717) is 24.3 Å². The van der Waals surface area contributed by atoms with Gasteiger partial charge in [0.05, 0.1) is 4.90 Å². The number of carbonyl (C=O) groups is 1. The minimum atomic E-state index is -3.70. The Hall–Kier alpha value is -1.40. The van der Waals surface area contributed by atoms with Gasteiger partial charge in [-0.25, -0.2) is 8.42 Å². The molecule has 1 unspecified atom stereocenters. The highest BCUT2D eigenvalue weighted by molar-refractivity contribution is 7.89. The van der Waals surface area contributed by atoms with E-state index in [0.717, 1.165) is 16.7 Å². The number of sulfonamides is 1.